The zero-order valence-corrected chi connectivity index (χ0v) is 13.6. The Labute approximate surface area is 128 Å². The summed E-state index contributed by atoms with van der Waals surface area (Å²) in [5.74, 6) is 0.628. The number of rotatable bonds is 9. The van der Waals surface area contributed by atoms with Crippen LogP contribution in [-0.2, 0) is 11.3 Å². The summed E-state index contributed by atoms with van der Waals surface area (Å²) < 4.78 is 11.9. The first-order valence-corrected chi connectivity index (χ1v) is 7.66. The number of unbranched alkanes of at least 4 members (excludes halogenated alkanes) is 1. The molecule has 0 fully saturated rings. The van der Waals surface area contributed by atoms with E-state index < -0.39 is 6.10 Å². The summed E-state index contributed by atoms with van der Waals surface area (Å²) in [7, 11) is 0. The monoisotopic (exact) mass is 346 g/mol. The third-order valence-corrected chi connectivity index (χ3v) is 3.32. The molecule has 1 rings (SSSR count). The summed E-state index contributed by atoms with van der Waals surface area (Å²) in [5.41, 5.74) is 1.62. The Balaban J connectivity index is 2.48. The van der Waals surface area contributed by atoms with Crippen LogP contribution >= 0.6 is 15.9 Å². The lowest BCUT2D eigenvalue weighted by Crippen LogP contribution is -2.24. The Morgan fingerprint density at radius 1 is 1.30 bits per heavy atom. The van der Waals surface area contributed by atoms with E-state index in [4.69, 9.17) is 9.47 Å². The van der Waals surface area contributed by atoms with Crippen molar-refractivity contribution in [3.8, 4) is 5.75 Å². The molecule has 0 saturated heterocycles. The summed E-state index contributed by atoms with van der Waals surface area (Å²) >= 11 is 3.38. The molecule has 0 aromatic heterocycles. The van der Waals surface area contributed by atoms with Crippen molar-refractivity contribution in [2.24, 2.45) is 0 Å². The highest BCUT2D eigenvalue weighted by Crippen LogP contribution is 2.28. The van der Waals surface area contributed by atoms with Gasteiger partial charge in [0.25, 0.3) is 0 Å². The molecule has 0 aliphatic rings. The minimum absolute atomic E-state index is 0.0985. The van der Waals surface area contributed by atoms with Gasteiger partial charge in [-0.2, -0.15) is 0 Å². The van der Waals surface area contributed by atoms with E-state index in [0.717, 1.165) is 22.9 Å². The van der Waals surface area contributed by atoms with E-state index in [9.17, 15) is 10.2 Å². The Morgan fingerprint density at radius 2 is 2.05 bits per heavy atom. The van der Waals surface area contributed by atoms with Gasteiger partial charge < -0.3 is 19.7 Å². The molecule has 1 unspecified atom stereocenters. The van der Waals surface area contributed by atoms with E-state index in [2.05, 4.69) is 22.9 Å². The molecule has 114 valence electrons. The maximum absolute atomic E-state index is 9.80. The summed E-state index contributed by atoms with van der Waals surface area (Å²) in [6.45, 7) is 4.98. The van der Waals surface area contributed by atoms with Crippen LogP contribution < -0.4 is 4.74 Å². The van der Waals surface area contributed by atoms with Gasteiger partial charge >= 0.3 is 0 Å². The van der Waals surface area contributed by atoms with Crippen LogP contribution in [0.2, 0.25) is 0 Å². The molecule has 4 nitrogen and oxygen atoms in total. The van der Waals surface area contributed by atoms with Gasteiger partial charge in [-0.05, 0) is 31.0 Å². The average Bonchev–Trinajstić information content (AvgIpc) is 2.41. The summed E-state index contributed by atoms with van der Waals surface area (Å²) in [6.07, 6.45) is 1.40. The molecule has 0 saturated carbocycles. The van der Waals surface area contributed by atoms with Crippen LogP contribution in [0.4, 0.5) is 0 Å². The number of ether oxygens (including phenoxy) is 2. The molecule has 1 aromatic carbocycles. The lowest BCUT2D eigenvalue weighted by atomic mass is 10.1. The number of halogens is 1. The first-order chi connectivity index (χ1) is 9.58. The Kier molecular flexibility index (Phi) is 8.14. The molecule has 0 aliphatic heterocycles. The normalized spacial score (nSPS) is 12.4. The van der Waals surface area contributed by atoms with Gasteiger partial charge in [-0.25, -0.2) is 0 Å². The van der Waals surface area contributed by atoms with Crippen molar-refractivity contribution in [1.29, 1.82) is 0 Å². The van der Waals surface area contributed by atoms with Crippen molar-refractivity contribution in [2.75, 3.05) is 19.8 Å². The first-order valence-electron chi connectivity index (χ1n) is 6.87. The topological polar surface area (TPSA) is 58.9 Å². The van der Waals surface area contributed by atoms with Crippen LogP contribution in [0.1, 0.15) is 30.9 Å². The molecule has 0 aliphatic carbocycles. The van der Waals surface area contributed by atoms with Gasteiger partial charge in [0.1, 0.15) is 18.5 Å². The summed E-state index contributed by atoms with van der Waals surface area (Å²) in [4.78, 5) is 0. The van der Waals surface area contributed by atoms with E-state index in [0.29, 0.717) is 17.9 Å². The van der Waals surface area contributed by atoms with Crippen molar-refractivity contribution < 1.29 is 19.7 Å². The maximum Gasteiger partial charge on any atom is 0.127 e. The van der Waals surface area contributed by atoms with Crippen LogP contribution in [0.3, 0.4) is 0 Å². The zero-order valence-electron chi connectivity index (χ0n) is 12.1. The van der Waals surface area contributed by atoms with Crippen molar-refractivity contribution in [3.63, 3.8) is 0 Å². The van der Waals surface area contributed by atoms with Gasteiger partial charge in [-0.15, -0.1) is 0 Å². The number of benzene rings is 1. The lowest BCUT2D eigenvalue weighted by Gasteiger charge is -2.17. The molecule has 20 heavy (non-hydrogen) atoms. The predicted molar refractivity (Wildman–Crippen MR) is 82.0 cm³/mol. The fraction of sp³-hybridized carbons (Fsp3) is 0.600. The SMILES string of the molecule is CCCCOCC(O)COc1c(C)cc(Br)cc1CO. The highest BCUT2D eigenvalue weighted by Gasteiger charge is 2.11. The van der Waals surface area contributed by atoms with Crippen LogP contribution in [0.15, 0.2) is 16.6 Å². The van der Waals surface area contributed by atoms with E-state index in [1.807, 2.05) is 19.1 Å². The maximum atomic E-state index is 9.80. The Morgan fingerprint density at radius 3 is 2.70 bits per heavy atom. The predicted octanol–water partition coefficient (Wildman–Crippen LogP) is 2.81. The van der Waals surface area contributed by atoms with E-state index in [1.165, 1.54) is 0 Å². The fourth-order valence-corrected chi connectivity index (χ4v) is 2.44. The van der Waals surface area contributed by atoms with Gasteiger partial charge in [-0.3, -0.25) is 0 Å². The number of aliphatic hydroxyl groups is 2. The highest BCUT2D eigenvalue weighted by molar-refractivity contribution is 9.10. The molecule has 5 heteroatoms. The van der Waals surface area contributed by atoms with Crippen molar-refractivity contribution >= 4 is 15.9 Å². The molecule has 0 radical (unpaired) electrons. The fourth-order valence-electron chi connectivity index (χ4n) is 1.82. The van der Waals surface area contributed by atoms with Gasteiger partial charge in [0.15, 0.2) is 0 Å². The molecule has 1 aromatic rings. The minimum Gasteiger partial charge on any atom is -0.490 e. The minimum atomic E-state index is -0.665. The first kappa shape index (κ1) is 17.4. The number of aryl methyl sites for hydroxylation is 1. The van der Waals surface area contributed by atoms with E-state index >= 15 is 0 Å². The summed E-state index contributed by atoms with van der Waals surface area (Å²) in [6, 6.07) is 3.73. The molecular weight excluding hydrogens is 324 g/mol. The summed E-state index contributed by atoms with van der Waals surface area (Å²) in [5, 5.41) is 19.1. The molecular formula is C15H23BrO4. The van der Waals surface area contributed by atoms with Gasteiger partial charge in [0.2, 0.25) is 0 Å². The lowest BCUT2D eigenvalue weighted by molar-refractivity contribution is 0.0108. The van der Waals surface area contributed by atoms with Crippen LogP contribution in [0, 0.1) is 6.92 Å². The molecule has 0 amide bonds. The third kappa shape index (κ3) is 5.79. The molecule has 0 spiro atoms. The van der Waals surface area contributed by atoms with Gasteiger partial charge in [-0.1, -0.05) is 29.3 Å². The number of aliphatic hydroxyl groups excluding tert-OH is 2. The van der Waals surface area contributed by atoms with E-state index in [1.54, 1.807) is 0 Å². The number of hydrogen-bond donors (Lipinski definition) is 2. The van der Waals surface area contributed by atoms with Crippen LogP contribution in [-0.4, -0.2) is 36.1 Å². The van der Waals surface area contributed by atoms with Gasteiger partial charge in [0, 0.05) is 16.6 Å². The molecule has 0 bridgehead atoms. The molecule has 1 atom stereocenters. The second-order valence-electron chi connectivity index (χ2n) is 4.76. The molecule has 0 heterocycles. The largest absolute Gasteiger partial charge is 0.490 e. The van der Waals surface area contributed by atoms with Crippen molar-refractivity contribution in [2.45, 2.75) is 39.4 Å². The number of hydrogen-bond acceptors (Lipinski definition) is 4. The standard InChI is InChI=1S/C15H23BrO4/c1-3-4-5-19-9-14(18)10-20-15-11(2)6-13(16)7-12(15)8-17/h6-7,14,17-18H,3-5,8-10H2,1-2H3. The zero-order chi connectivity index (χ0) is 15.0. The third-order valence-electron chi connectivity index (χ3n) is 2.86. The smallest absolute Gasteiger partial charge is 0.127 e. The molecule has 2 N–H and O–H groups in total. The van der Waals surface area contributed by atoms with Crippen LogP contribution in [0.25, 0.3) is 0 Å². The highest BCUT2D eigenvalue weighted by atomic mass is 79.9. The van der Waals surface area contributed by atoms with Crippen LogP contribution in [0.5, 0.6) is 5.75 Å². The van der Waals surface area contributed by atoms with E-state index in [-0.39, 0.29) is 19.8 Å². The average molecular weight is 347 g/mol. The Bertz CT molecular complexity index is 409. The van der Waals surface area contributed by atoms with Crippen molar-refractivity contribution in [3.05, 3.63) is 27.7 Å². The van der Waals surface area contributed by atoms with Crippen molar-refractivity contribution in [1.82, 2.24) is 0 Å². The second-order valence-corrected chi connectivity index (χ2v) is 5.68. The van der Waals surface area contributed by atoms with Gasteiger partial charge in [0.05, 0.1) is 13.2 Å². The second kappa shape index (κ2) is 9.34. The Hall–Kier alpha value is -0.620. The quantitative estimate of drug-likeness (QED) is 0.675.